The van der Waals surface area contributed by atoms with Gasteiger partial charge < -0.3 is 23.2 Å². The van der Waals surface area contributed by atoms with Crippen LogP contribution in [0.3, 0.4) is 0 Å². The first-order valence-electron chi connectivity index (χ1n) is 12.4. The van der Waals surface area contributed by atoms with Gasteiger partial charge in [0.15, 0.2) is 11.5 Å². The number of fused-ring (bicyclic) bond motifs is 2. The maximum Gasteiger partial charge on any atom is 0.161 e. The number of quaternary nitrogens is 2. The Hall–Kier alpha value is -1.30. The maximum absolute atomic E-state index is 6.54. The smallest absolute Gasteiger partial charge is 0.161 e. The van der Waals surface area contributed by atoms with Crippen molar-refractivity contribution in [2.45, 2.75) is 64.1 Å². The van der Waals surface area contributed by atoms with Crippen molar-refractivity contribution in [3.63, 3.8) is 0 Å². The van der Waals surface area contributed by atoms with E-state index in [1.807, 2.05) is 0 Å². The molecule has 2 saturated heterocycles. The highest BCUT2D eigenvalue weighted by Gasteiger charge is 2.43. The van der Waals surface area contributed by atoms with Crippen molar-refractivity contribution in [2.24, 2.45) is 5.92 Å². The molecule has 1 aromatic carbocycles. The lowest BCUT2D eigenvalue weighted by molar-refractivity contribution is -0.947. The van der Waals surface area contributed by atoms with Crippen molar-refractivity contribution in [1.29, 1.82) is 0 Å². The zero-order chi connectivity index (χ0) is 22.1. The van der Waals surface area contributed by atoms with E-state index in [1.165, 1.54) is 60.8 Å². The van der Waals surface area contributed by atoms with Crippen LogP contribution in [0.25, 0.3) is 0 Å². The van der Waals surface area contributed by atoms with Gasteiger partial charge in [-0.2, -0.15) is 0 Å². The van der Waals surface area contributed by atoms with Crippen LogP contribution in [-0.2, 0) is 17.7 Å². The van der Waals surface area contributed by atoms with Crippen LogP contribution in [0.1, 0.15) is 50.2 Å². The van der Waals surface area contributed by atoms with Gasteiger partial charge in [-0.25, -0.2) is 0 Å². The summed E-state index contributed by atoms with van der Waals surface area (Å²) in [7, 11) is 8.32. The second-order valence-corrected chi connectivity index (χ2v) is 10.9. The summed E-state index contributed by atoms with van der Waals surface area (Å²) in [5, 5.41) is 0. The summed E-state index contributed by atoms with van der Waals surface area (Å²) in [5.41, 5.74) is 2.79. The van der Waals surface area contributed by atoms with E-state index in [-0.39, 0.29) is 6.10 Å². The fourth-order valence-corrected chi connectivity index (χ4v) is 6.77. The molecule has 1 aromatic rings. The summed E-state index contributed by atoms with van der Waals surface area (Å²) in [5.74, 6) is 2.42. The zero-order valence-corrected chi connectivity index (χ0v) is 20.5. The highest BCUT2D eigenvalue weighted by molar-refractivity contribution is 5.47. The third kappa shape index (κ3) is 4.89. The predicted octanol–water partition coefficient (Wildman–Crippen LogP) is 4.02. The van der Waals surface area contributed by atoms with Crippen LogP contribution in [0.2, 0.25) is 0 Å². The molecule has 0 spiro atoms. The predicted molar refractivity (Wildman–Crippen MR) is 125 cm³/mol. The lowest BCUT2D eigenvalue weighted by atomic mass is 9.82. The maximum atomic E-state index is 6.54. The summed E-state index contributed by atoms with van der Waals surface area (Å²) in [6.07, 6.45) is 8.31. The standard InChI is InChI=1S/C26H44N2O3/c1-20(31-19-22-9-8-13-28(3)12-7-6-10-24(22)28)17-27(2)14-11-21-15-25(29-4)26(30-5)16-23(21)18-27/h15-16,20,22,24H,6-14,17-19H2,1-5H3/q+2/t20-,22-,24+,27-,28-/m0/s1. The molecule has 2 fully saturated rings. The molecule has 0 saturated carbocycles. The Morgan fingerprint density at radius 2 is 1.65 bits per heavy atom. The summed E-state index contributed by atoms with van der Waals surface area (Å²) >= 11 is 0. The number of rotatable bonds is 7. The Morgan fingerprint density at radius 3 is 2.39 bits per heavy atom. The molecule has 5 nitrogen and oxygen atoms in total. The van der Waals surface area contributed by atoms with Crippen molar-refractivity contribution in [1.82, 2.24) is 0 Å². The van der Waals surface area contributed by atoms with Gasteiger partial charge in [0.05, 0.1) is 60.6 Å². The quantitative estimate of drug-likeness (QED) is 0.609. The van der Waals surface area contributed by atoms with Crippen molar-refractivity contribution >= 4 is 0 Å². The average molecular weight is 433 g/mol. The minimum absolute atomic E-state index is 0.288. The fourth-order valence-electron chi connectivity index (χ4n) is 6.77. The molecular weight excluding hydrogens is 388 g/mol. The van der Waals surface area contributed by atoms with Crippen molar-refractivity contribution in [3.05, 3.63) is 23.3 Å². The number of nitrogens with zero attached hydrogens (tertiary/aromatic N) is 2. The first-order valence-corrected chi connectivity index (χ1v) is 12.4. The molecule has 3 aliphatic rings. The third-order valence-corrected chi connectivity index (χ3v) is 8.48. The van der Waals surface area contributed by atoms with E-state index in [0.717, 1.165) is 60.6 Å². The lowest BCUT2D eigenvalue weighted by Crippen LogP contribution is -2.61. The molecule has 5 heteroatoms. The SMILES string of the molecule is COc1cc2c(cc1OC)C[N@+](C)(C[C@H](C)OC[C@@H]1CCC[N@+]3(C)CCCC[C@H]13)CC2. The molecule has 0 bridgehead atoms. The summed E-state index contributed by atoms with van der Waals surface area (Å²) in [6.45, 7) is 9.23. The molecule has 0 aromatic heterocycles. The molecule has 0 unspecified atom stereocenters. The highest BCUT2D eigenvalue weighted by atomic mass is 16.5. The van der Waals surface area contributed by atoms with Crippen LogP contribution in [0.4, 0.5) is 0 Å². The molecular formula is C26H44N2O3+2. The van der Waals surface area contributed by atoms with E-state index in [9.17, 15) is 0 Å². The van der Waals surface area contributed by atoms with Crippen LogP contribution in [0.5, 0.6) is 11.5 Å². The Kier molecular flexibility index (Phi) is 6.85. The number of hydrogen-bond donors (Lipinski definition) is 0. The van der Waals surface area contributed by atoms with Crippen molar-refractivity contribution in [3.8, 4) is 11.5 Å². The van der Waals surface area contributed by atoms with Gasteiger partial charge in [-0.3, -0.25) is 0 Å². The molecule has 31 heavy (non-hydrogen) atoms. The lowest BCUT2D eigenvalue weighted by Gasteiger charge is -2.51. The number of methoxy groups -OCH3 is 2. The van der Waals surface area contributed by atoms with Gasteiger partial charge >= 0.3 is 0 Å². The number of piperidine rings is 2. The van der Waals surface area contributed by atoms with E-state index >= 15 is 0 Å². The second-order valence-electron chi connectivity index (χ2n) is 10.9. The highest BCUT2D eigenvalue weighted by Crippen LogP contribution is 2.37. The van der Waals surface area contributed by atoms with E-state index in [0.29, 0.717) is 0 Å². The van der Waals surface area contributed by atoms with Crippen LogP contribution in [-0.4, -0.2) is 82.2 Å². The summed E-state index contributed by atoms with van der Waals surface area (Å²) < 4.78 is 19.9. The van der Waals surface area contributed by atoms with Crippen LogP contribution in [0.15, 0.2) is 12.1 Å². The molecule has 0 N–H and O–H groups in total. The van der Waals surface area contributed by atoms with Gasteiger partial charge in [0.1, 0.15) is 19.2 Å². The van der Waals surface area contributed by atoms with Crippen molar-refractivity contribution in [2.75, 3.05) is 61.1 Å². The molecule has 3 heterocycles. The Balaban J connectivity index is 1.35. The molecule has 0 aliphatic carbocycles. The Bertz CT molecular complexity index is 765. The first kappa shape index (κ1) is 22.9. The molecule has 5 atom stereocenters. The minimum atomic E-state index is 0.288. The van der Waals surface area contributed by atoms with Gasteiger partial charge in [0.2, 0.25) is 0 Å². The van der Waals surface area contributed by atoms with Crippen LogP contribution < -0.4 is 9.47 Å². The van der Waals surface area contributed by atoms with Crippen molar-refractivity contribution < 1.29 is 23.2 Å². The monoisotopic (exact) mass is 432 g/mol. The summed E-state index contributed by atoms with van der Waals surface area (Å²) in [4.78, 5) is 0. The first-order chi connectivity index (χ1) is 14.9. The second kappa shape index (κ2) is 9.29. The largest absolute Gasteiger partial charge is 0.493 e. The van der Waals surface area contributed by atoms with Gasteiger partial charge in [-0.05, 0) is 50.3 Å². The molecule has 174 valence electrons. The van der Waals surface area contributed by atoms with Gasteiger partial charge in [0.25, 0.3) is 0 Å². The van der Waals surface area contributed by atoms with E-state index in [4.69, 9.17) is 14.2 Å². The van der Waals surface area contributed by atoms with Gasteiger partial charge in [0, 0.05) is 24.3 Å². The topological polar surface area (TPSA) is 27.7 Å². The molecule has 0 radical (unpaired) electrons. The zero-order valence-electron chi connectivity index (χ0n) is 20.5. The average Bonchev–Trinajstić information content (AvgIpc) is 2.75. The Labute approximate surface area is 189 Å². The van der Waals surface area contributed by atoms with Gasteiger partial charge in [-0.15, -0.1) is 0 Å². The van der Waals surface area contributed by atoms with Crippen LogP contribution >= 0.6 is 0 Å². The minimum Gasteiger partial charge on any atom is -0.493 e. The summed E-state index contributed by atoms with van der Waals surface area (Å²) in [6, 6.07) is 5.17. The van der Waals surface area contributed by atoms with E-state index in [1.54, 1.807) is 14.2 Å². The third-order valence-electron chi connectivity index (χ3n) is 8.48. The normalized spacial score (nSPS) is 33.8. The molecule has 3 aliphatic heterocycles. The number of likely N-dealkylation sites (N-methyl/N-ethyl adjacent to an activating group) is 1. The fraction of sp³-hybridized carbons (Fsp3) is 0.769. The van der Waals surface area contributed by atoms with E-state index in [2.05, 4.69) is 33.2 Å². The molecule has 4 rings (SSSR count). The van der Waals surface area contributed by atoms with E-state index < -0.39 is 0 Å². The molecule has 0 amide bonds. The van der Waals surface area contributed by atoms with Gasteiger partial charge in [-0.1, -0.05) is 0 Å². The number of ether oxygens (including phenoxy) is 3. The van der Waals surface area contributed by atoms with Crippen LogP contribution in [0, 0.1) is 5.92 Å². The number of benzene rings is 1. The number of hydrogen-bond acceptors (Lipinski definition) is 3. The Morgan fingerprint density at radius 1 is 0.935 bits per heavy atom.